The van der Waals surface area contributed by atoms with E-state index < -0.39 is 11.9 Å². The summed E-state index contributed by atoms with van der Waals surface area (Å²) in [7, 11) is 0. The highest BCUT2D eigenvalue weighted by Crippen LogP contribution is 1.85. The SMILES string of the molecule is O=C(O)CCOCCC(=O)O.c1ccccc1. The zero-order valence-electron chi connectivity index (χ0n) is 9.41. The van der Waals surface area contributed by atoms with Crippen molar-refractivity contribution in [3.63, 3.8) is 0 Å². The average Bonchev–Trinajstić information content (AvgIpc) is 2.31. The number of carbonyl (C=O) groups is 2. The van der Waals surface area contributed by atoms with E-state index in [1.54, 1.807) is 0 Å². The molecule has 0 bridgehead atoms. The van der Waals surface area contributed by atoms with Crippen LogP contribution in [-0.2, 0) is 14.3 Å². The van der Waals surface area contributed by atoms with E-state index in [-0.39, 0.29) is 26.1 Å². The highest BCUT2D eigenvalue weighted by molar-refractivity contribution is 5.67. The Kier molecular flexibility index (Phi) is 9.46. The molecule has 0 aliphatic rings. The number of hydrogen-bond donors (Lipinski definition) is 2. The molecule has 0 aliphatic heterocycles. The Hall–Kier alpha value is -1.88. The second kappa shape index (κ2) is 10.6. The number of benzene rings is 1. The van der Waals surface area contributed by atoms with E-state index in [4.69, 9.17) is 14.9 Å². The molecule has 1 rings (SSSR count). The predicted molar refractivity (Wildman–Crippen MR) is 61.8 cm³/mol. The molecule has 17 heavy (non-hydrogen) atoms. The highest BCUT2D eigenvalue weighted by atomic mass is 16.5. The molecule has 0 saturated carbocycles. The summed E-state index contributed by atoms with van der Waals surface area (Å²) in [6.07, 6.45) is -0.167. The van der Waals surface area contributed by atoms with Gasteiger partial charge in [-0.25, -0.2) is 0 Å². The van der Waals surface area contributed by atoms with Gasteiger partial charge in [-0.15, -0.1) is 0 Å². The molecular weight excluding hydrogens is 224 g/mol. The molecule has 0 atom stereocenters. The van der Waals surface area contributed by atoms with Crippen LogP contribution in [0.25, 0.3) is 0 Å². The van der Waals surface area contributed by atoms with E-state index in [1.165, 1.54) is 0 Å². The molecule has 0 spiro atoms. The van der Waals surface area contributed by atoms with Crippen LogP contribution in [-0.4, -0.2) is 35.4 Å². The van der Waals surface area contributed by atoms with Gasteiger partial charge in [-0.1, -0.05) is 36.4 Å². The Labute approximate surface area is 99.7 Å². The van der Waals surface area contributed by atoms with Crippen molar-refractivity contribution in [1.82, 2.24) is 0 Å². The lowest BCUT2D eigenvalue weighted by Gasteiger charge is -1.97. The van der Waals surface area contributed by atoms with Gasteiger partial charge in [0.1, 0.15) is 0 Å². The fourth-order valence-electron chi connectivity index (χ4n) is 0.806. The van der Waals surface area contributed by atoms with Crippen molar-refractivity contribution < 1.29 is 24.5 Å². The van der Waals surface area contributed by atoms with Gasteiger partial charge in [-0.3, -0.25) is 9.59 Å². The number of carboxylic acids is 2. The molecule has 94 valence electrons. The molecule has 0 unspecified atom stereocenters. The summed E-state index contributed by atoms with van der Waals surface area (Å²) < 4.78 is 4.69. The topological polar surface area (TPSA) is 83.8 Å². The van der Waals surface area contributed by atoms with Gasteiger partial charge in [-0.2, -0.15) is 0 Å². The second-order valence-electron chi connectivity index (χ2n) is 3.05. The maximum Gasteiger partial charge on any atom is 0.305 e. The summed E-state index contributed by atoms with van der Waals surface area (Å²) in [5, 5.41) is 16.3. The van der Waals surface area contributed by atoms with Gasteiger partial charge in [0.2, 0.25) is 0 Å². The van der Waals surface area contributed by atoms with E-state index in [1.807, 2.05) is 36.4 Å². The van der Waals surface area contributed by atoms with Crippen molar-refractivity contribution in [3.8, 4) is 0 Å². The molecule has 0 saturated heterocycles. The Morgan fingerprint density at radius 1 is 0.765 bits per heavy atom. The molecule has 0 aromatic heterocycles. The van der Waals surface area contributed by atoms with Gasteiger partial charge in [0.15, 0.2) is 0 Å². The van der Waals surface area contributed by atoms with Crippen molar-refractivity contribution in [1.29, 1.82) is 0 Å². The number of ether oxygens (including phenoxy) is 1. The lowest BCUT2D eigenvalue weighted by molar-refractivity contribution is -0.138. The standard InChI is InChI=1S/C6H10O5.C6H6/c7-5(8)1-3-11-4-2-6(9)10;1-2-4-6-5-3-1/h1-4H2,(H,7,8)(H,9,10);1-6H. The monoisotopic (exact) mass is 240 g/mol. The van der Waals surface area contributed by atoms with Crippen molar-refractivity contribution in [3.05, 3.63) is 36.4 Å². The Balaban J connectivity index is 0.000000354. The number of hydrogen-bond acceptors (Lipinski definition) is 3. The molecule has 0 heterocycles. The second-order valence-corrected chi connectivity index (χ2v) is 3.05. The van der Waals surface area contributed by atoms with E-state index >= 15 is 0 Å². The molecular formula is C12H16O5. The first kappa shape index (κ1) is 15.1. The zero-order valence-corrected chi connectivity index (χ0v) is 9.41. The van der Waals surface area contributed by atoms with Crippen LogP contribution in [0, 0.1) is 0 Å². The minimum atomic E-state index is -0.944. The fourth-order valence-corrected chi connectivity index (χ4v) is 0.806. The minimum absolute atomic E-state index is 0.0720. The average molecular weight is 240 g/mol. The molecule has 5 nitrogen and oxygen atoms in total. The molecule has 1 aromatic rings. The predicted octanol–water partition coefficient (Wildman–Crippen LogP) is 1.64. The van der Waals surface area contributed by atoms with Gasteiger partial charge < -0.3 is 14.9 Å². The van der Waals surface area contributed by atoms with Gasteiger partial charge >= 0.3 is 11.9 Å². The first-order valence-corrected chi connectivity index (χ1v) is 5.14. The summed E-state index contributed by atoms with van der Waals surface area (Å²) in [6, 6.07) is 12.0. The number of aliphatic carboxylic acids is 2. The van der Waals surface area contributed by atoms with Crippen LogP contribution in [0.1, 0.15) is 12.8 Å². The minimum Gasteiger partial charge on any atom is -0.481 e. The van der Waals surface area contributed by atoms with Crippen molar-refractivity contribution in [2.75, 3.05) is 13.2 Å². The maximum absolute atomic E-state index is 9.90. The normalized spacial score (nSPS) is 8.94. The molecule has 0 amide bonds. The van der Waals surface area contributed by atoms with Crippen LogP contribution in [0.5, 0.6) is 0 Å². The lowest BCUT2D eigenvalue weighted by Crippen LogP contribution is -2.06. The number of carboxylic acid groups (broad SMARTS) is 2. The van der Waals surface area contributed by atoms with Crippen molar-refractivity contribution >= 4 is 11.9 Å². The summed E-state index contributed by atoms with van der Waals surface area (Å²) in [6.45, 7) is 0.144. The molecule has 1 aromatic carbocycles. The third-order valence-electron chi connectivity index (χ3n) is 1.59. The molecule has 5 heteroatoms. The van der Waals surface area contributed by atoms with Crippen LogP contribution in [0.3, 0.4) is 0 Å². The van der Waals surface area contributed by atoms with Crippen LogP contribution >= 0.6 is 0 Å². The van der Waals surface area contributed by atoms with Crippen LogP contribution in [0.4, 0.5) is 0 Å². The van der Waals surface area contributed by atoms with Gasteiger partial charge in [0.25, 0.3) is 0 Å². The molecule has 0 aliphatic carbocycles. The first-order chi connectivity index (χ1) is 8.13. The fraction of sp³-hybridized carbons (Fsp3) is 0.333. The van der Waals surface area contributed by atoms with Crippen LogP contribution < -0.4 is 0 Å². The van der Waals surface area contributed by atoms with Gasteiger partial charge in [0, 0.05) is 0 Å². The Morgan fingerprint density at radius 2 is 1.06 bits per heavy atom. The quantitative estimate of drug-likeness (QED) is 0.738. The van der Waals surface area contributed by atoms with Crippen molar-refractivity contribution in [2.45, 2.75) is 12.8 Å². The number of rotatable bonds is 6. The third kappa shape index (κ3) is 14.1. The van der Waals surface area contributed by atoms with E-state index in [2.05, 4.69) is 0 Å². The zero-order chi connectivity index (χ0) is 12.9. The Bertz CT molecular complexity index is 267. The van der Waals surface area contributed by atoms with Crippen LogP contribution in [0.15, 0.2) is 36.4 Å². The highest BCUT2D eigenvalue weighted by Gasteiger charge is 1.98. The summed E-state index contributed by atoms with van der Waals surface area (Å²) in [5.74, 6) is -1.89. The lowest BCUT2D eigenvalue weighted by atomic mass is 10.4. The Morgan fingerprint density at radius 3 is 1.29 bits per heavy atom. The van der Waals surface area contributed by atoms with Crippen molar-refractivity contribution in [2.24, 2.45) is 0 Å². The van der Waals surface area contributed by atoms with E-state index in [0.29, 0.717) is 0 Å². The van der Waals surface area contributed by atoms with Gasteiger partial charge in [-0.05, 0) is 0 Å². The summed E-state index contributed by atoms with van der Waals surface area (Å²) in [4.78, 5) is 19.8. The maximum atomic E-state index is 9.90. The van der Waals surface area contributed by atoms with E-state index in [9.17, 15) is 9.59 Å². The van der Waals surface area contributed by atoms with Crippen LogP contribution in [0.2, 0.25) is 0 Å². The molecule has 0 radical (unpaired) electrons. The summed E-state index contributed by atoms with van der Waals surface area (Å²) >= 11 is 0. The largest absolute Gasteiger partial charge is 0.481 e. The molecule has 2 N–H and O–H groups in total. The third-order valence-corrected chi connectivity index (χ3v) is 1.59. The summed E-state index contributed by atoms with van der Waals surface area (Å²) in [5.41, 5.74) is 0. The van der Waals surface area contributed by atoms with Gasteiger partial charge in [0.05, 0.1) is 26.1 Å². The molecule has 0 fully saturated rings. The smallest absolute Gasteiger partial charge is 0.305 e. The van der Waals surface area contributed by atoms with E-state index in [0.717, 1.165) is 0 Å². The first-order valence-electron chi connectivity index (χ1n) is 5.14.